The van der Waals surface area contributed by atoms with Crippen molar-refractivity contribution < 1.29 is 9.59 Å². The third kappa shape index (κ3) is 1.47. The maximum absolute atomic E-state index is 11.5. The number of nitrogens with zero attached hydrogens (tertiary/aromatic N) is 1. The number of rotatable bonds is 1. The van der Waals surface area contributed by atoms with E-state index in [0.717, 1.165) is 38.5 Å². The highest BCUT2D eigenvalue weighted by Gasteiger charge is 2.36. The summed E-state index contributed by atoms with van der Waals surface area (Å²) in [6, 6.07) is 0.229. The Kier molecular flexibility index (Phi) is 2.34. The maximum Gasteiger partial charge on any atom is 0.222 e. The number of hydrogen-bond acceptors (Lipinski definition) is 2. The van der Waals surface area contributed by atoms with E-state index in [0.29, 0.717) is 6.42 Å². The van der Waals surface area contributed by atoms with Gasteiger partial charge in [-0.05, 0) is 25.7 Å². The molecule has 1 amide bonds. The highest BCUT2D eigenvalue weighted by Crippen LogP contribution is 2.30. The molecule has 2 aliphatic heterocycles. The van der Waals surface area contributed by atoms with Crippen LogP contribution < -0.4 is 0 Å². The second-order valence-electron chi connectivity index (χ2n) is 3.99. The van der Waals surface area contributed by atoms with Crippen LogP contribution in [0.2, 0.25) is 0 Å². The van der Waals surface area contributed by atoms with E-state index in [9.17, 15) is 9.59 Å². The zero-order chi connectivity index (χ0) is 9.26. The molecule has 2 rings (SSSR count). The predicted octanol–water partition coefficient (Wildman–Crippen LogP) is 0.976. The van der Waals surface area contributed by atoms with Gasteiger partial charge in [0.1, 0.15) is 6.29 Å². The van der Waals surface area contributed by atoms with Crippen LogP contribution in [0.5, 0.6) is 0 Å². The number of hydrogen-bond donors (Lipinski definition) is 0. The highest BCUT2D eigenvalue weighted by atomic mass is 16.2. The molecule has 0 N–H and O–H groups in total. The first-order valence-electron chi connectivity index (χ1n) is 5.07. The lowest BCUT2D eigenvalue weighted by Crippen LogP contribution is -2.51. The molecule has 3 heteroatoms. The summed E-state index contributed by atoms with van der Waals surface area (Å²) in [7, 11) is 0. The van der Waals surface area contributed by atoms with Gasteiger partial charge in [-0.25, -0.2) is 0 Å². The molecule has 72 valence electrons. The molecule has 0 aromatic carbocycles. The highest BCUT2D eigenvalue weighted by molar-refractivity contribution is 5.78. The monoisotopic (exact) mass is 181 g/mol. The Morgan fingerprint density at radius 1 is 1.31 bits per heavy atom. The molecule has 0 spiro atoms. The summed E-state index contributed by atoms with van der Waals surface area (Å²) in [4.78, 5) is 24.2. The number of aldehydes is 1. The van der Waals surface area contributed by atoms with Crippen molar-refractivity contribution in [1.29, 1.82) is 0 Å². The Balaban J connectivity index is 2.13. The first kappa shape index (κ1) is 8.73. The number of carbonyl (C=O) groups excluding carboxylic acids is 2. The van der Waals surface area contributed by atoms with Crippen molar-refractivity contribution in [2.45, 2.75) is 38.1 Å². The summed E-state index contributed by atoms with van der Waals surface area (Å²) in [5.74, 6) is 0.362. The number of piperidine rings is 2. The second-order valence-corrected chi connectivity index (χ2v) is 3.99. The van der Waals surface area contributed by atoms with Crippen molar-refractivity contribution in [3.63, 3.8) is 0 Å². The molecule has 0 bridgehead atoms. The van der Waals surface area contributed by atoms with E-state index >= 15 is 0 Å². The first-order chi connectivity index (χ1) is 6.33. The van der Waals surface area contributed by atoms with Crippen LogP contribution in [0.25, 0.3) is 0 Å². The van der Waals surface area contributed by atoms with Crippen molar-refractivity contribution in [2.24, 2.45) is 5.92 Å². The van der Waals surface area contributed by atoms with Crippen LogP contribution in [0.15, 0.2) is 0 Å². The summed E-state index contributed by atoms with van der Waals surface area (Å²) in [6.07, 6.45) is 5.67. The third-order valence-corrected chi connectivity index (χ3v) is 3.22. The largest absolute Gasteiger partial charge is 0.339 e. The first-order valence-corrected chi connectivity index (χ1v) is 5.07. The molecule has 2 atom stereocenters. The minimum absolute atomic E-state index is 0.109. The molecule has 13 heavy (non-hydrogen) atoms. The molecular weight excluding hydrogens is 166 g/mol. The quantitative estimate of drug-likeness (QED) is 0.565. The summed E-state index contributed by atoms with van der Waals surface area (Å²) >= 11 is 0. The van der Waals surface area contributed by atoms with E-state index < -0.39 is 0 Å². The fraction of sp³-hybridized carbons (Fsp3) is 0.800. The smallest absolute Gasteiger partial charge is 0.222 e. The molecule has 0 radical (unpaired) electrons. The minimum atomic E-state index is 0.109. The van der Waals surface area contributed by atoms with E-state index in [1.54, 1.807) is 0 Å². The van der Waals surface area contributed by atoms with Crippen LogP contribution in [0.3, 0.4) is 0 Å². The van der Waals surface area contributed by atoms with Crippen molar-refractivity contribution >= 4 is 12.2 Å². The maximum atomic E-state index is 11.5. The fourth-order valence-corrected chi connectivity index (χ4v) is 2.53. The summed E-state index contributed by atoms with van der Waals surface area (Å²) < 4.78 is 0. The molecule has 0 aromatic heterocycles. The van der Waals surface area contributed by atoms with Gasteiger partial charge in [-0.3, -0.25) is 4.79 Å². The van der Waals surface area contributed by atoms with Gasteiger partial charge in [0.05, 0.1) is 0 Å². The van der Waals surface area contributed by atoms with Crippen LogP contribution >= 0.6 is 0 Å². The van der Waals surface area contributed by atoms with Crippen molar-refractivity contribution in [1.82, 2.24) is 4.90 Å². The molecule has 2 saturated heterocycles. The van der Waals surface area contributed by atoms with E-state index in [1.807, 2.05) is 4.90 Å². The standard InChI is InChI=1S/C10H15NO2/c12-7-8-3-2-6-11-9(8)4-1-5-10(11)13/h7-9H,1-6H2/t8-,9-/m1/s1. The van der Waals surface area contributed by atoms with E-state index in [1.165, 1.54) is 0 Å². The average molecular weight is 181 g/mol. The summed E-state index contributed by atoms with van der Waals surface area (Å²) in [6.45, 7) is 0.869. The molecule has 2 aliphatic rings. The van der Waals surface area contributed by atoms with Gasteiger partial charge in [-0.15, -0.1) is 0 Å². The van der Waals surface area contributed by atoms with Crippen molar-refractivity contribution in [3.05, 3.63) is 0 Å². The SMILES string of the molecule is O=C[C@H]1CCCN2C(=O)CCC[C@H]12. The molecule has 2 heterocycles. The van der Waals surface area contributed by atoms with Gasteiger partial charge in [-0.2, -0.15) is 0 Å². The zero-order valence-corrected chi connectivity index (χ0v) is 7.74. The van der Waals surface area contributed by atoms with E-state index in [2.05, 4.69) is 0 Å². The predicted molar refractivity (Wildman–Crippen MR) is 48.1 cm³/mol. The Bertz CT molecular complexity index is 227. The van der Waals surface area contributed by atoms with Gasteiger partial charge < -0.3 is 9.69 Å². The molecule has 0 saturated carbocycles. The van der Waals surface area contributed by atoms with Crippen LogP contribution in [-0.4, -0.2) is 29.7 Å². The molecule has 0 aliphatic carbocycles. The summed E-state index contributed by atoms with van der Waals surface area (Å²) in [5.41, 5.74) is 0. The van der Waals surface area contributed by atoms with Gasteiger partial charge >= 0.3 is 0 Å². The minimum Gasteiger partial charge on any atom is -0.339 e. The van der Waals surface area contributed by atoms with E-state index in [4.69, 9.17) is 0 Å². The third-order valence-electron chi connectivity index (χ3n) is 3.22. The molecule has 2 fully saturated rings. The Hall–Kier alpha value is -0.860. The summed E-state index contributed by atoms with van der Waals surface area (Å²) in [5, 5.41) is 0. The number of carbonyl (C=O) groups is 2. The van der Waals surface area contributed by atoms with Gasteiger partial charge in [0.2, 0.25) is 5.91 Å². The Labute approximate surface area is 78.1 Å². The topological polar surface area (TPSA) is 37.4 Å². The van der Waals surface area contributed by atoms with Crippen LogP contribution in [0.1, 0.15) is 32.1 Å². The van der Waals surface area contributed by atoms with Gasteiger partial charge in [-0.1, -0.05) is 0 Å². The zero-order valence-electron chi connectivity index (χ0n) is 7.74. The van der Waals surface area contributed by atoms with Gasteiger partial charge in [0, 0.05) is 24.9 Å². The van der Waals surface area contributed by atoms with Gasteiger partial charge in [0.25, 0.3) is 0 Å². The lowest BCUT2D eigenvalue weighted by Gasteiger charge is -2.42. The molecule has 3 nitrogen and oxygen atoms in total. The van der Waals surface area contributed by atoms with E-state index in [-0.39, 0.29) is 17.9 Å². The normalized spacial score (nSPS) is 34.2. The molecule has 0 unspecified atom stereocenters. The fourth-order valence-electron chi connectivity index (χ4n) is 2.53. The van der Waals surface area contributed by atoms with Crippen LogP contribution in [-0.2, 0) is 9.59 Å². The Morgan fingerprint density at radius 2 is 2.15 bits per heavy atom. The lowest BCUT2D eigenvalue weighted by atomic mass is 9.84. The van der Waals surface area contributed by atoms with Crippen molar-refractivity contribution in [2.75, 3.05) is 6.54 Å². The van der Waals surface area contributed by atoms with Crippen LogP contribution in [0.4, 0.5) is 0 Å². The molecular formula is C10H15NO2. The van der Waals surface area contributed by atoms with Gasteiger partial charge in [0.15, 0.2) is 0 Å². The number of amides is 1. The number of fused-ring (bicyclic) bond motifs is 1. The Morgan fingerprint density at radius 3 is 2.92 bits per heavy atom. The van der Waals surface area contributed by atoms with Crippen molar-refractivity contribution in [3.8, 4) is 0 Å². The average Bonchev–Trinajstić information content (AvgIpc) is 2.18. The van der Waals surface area contributed by atoms with Crippen LogP contribution in [0, 0.1) is 5.92 Å². The molecule has 0 aromatic rings. The second kappa shape index (κ2) is 3.48. The lowest BCUT2D eigenvalue weighted by molar-refractivity contribution is -0.141.